The lowest BCUT2D eigenvalue weighted by Crippen LogP contribution is -2.45. The van der Waals surface area contributed by atoms with Crippen molar-refractivity contribution in [2.75, 3.05) is 18.1 Å². The molecule has 1 spiro atoms. The number of aromatic amines is 1. The van der Waals surface area contributed by atoms with Crippen LogP contribution < -0.4 is 9.64 Å². The zero-order valence-electron chi connectivity index (χ0n) is 20.1. The molecule has 2 aromatic heterocycles. The summed E-state index contributed by atoms with van der Waals surface area (Å²) in [6.45, 7) is 1.93. The fraction of sp³-hybridized carbons (Fsp3) is 0.296. The molecule has 10 heteroatoms. The number of H-pyrrole nitrogens is 1. The first-order valence-corrected chi connectivity index (χ1v) is 12.5. The Morgan fingerprint density at radius 3 is 2.95 bits per heavy atom. The number of rotatable bonds is 1. The number of likely N-dealkylation sites (tertiary alicyclic amines) is 1. The fourth-order valence-corrected chi connectivity index (χ4v) is 6.13. The van der Waals surface area contributed by atoms with E-state index < -0.39 is 11.5 Å². The van der Waals surface area contributed by atoms with Gasteiger partial charge in [0.2, 0.25) is 5.91 Å². The van der Waals surface area contributed by atoms with Crippen molar-refractivity contribution in [3.63, 3.8) is 0 Å². The molecule has 0 radical (unpaired) electrons. The molecule has 7 rings (SSSR count). The first kappa shape index (κ1) is 21.8. The van der Waals surface area contributed by atoms with E-state index in [0.29, 0.717) is 44.0 Å². The van der Waals surface area contributed by atoms with Gasteiger partial charge < -0.3 is 14.5 Å². The zero-order chi connectivity index (χ0) is 25.0. The molecule has 4 aromatic rings. The molecular formula is C27H25N7O3. The van der Waals surface area contributed by atoms with Crippen molar-refractivity contribution in [2.24, 2.45) is 0 Å². The van der Waals surface area contributed by atoms with Crippen LogP contribution in [0.4, 0.5) is 5.69 Å². The maximum Gasteiger partial charge on any atom is 0.257 e. The Balaban J connectivity index is 1.43. The standard InChI is InChI=1S/C27H25N7O3/c35-25(19-14-28-29-15-19)33-11-9-27-22-7-1-2-8-23(22)34(26(27)36)17-20-16-32(31-30-20)10-4-12-37-21-6-3-5-18(13-21)24(27)33/h1-3,5-8,13-16,24H,4,9-12,17H2,(H,28,29)/t24-,27+/m0/s1. The van der Waals surface area contributed by atoms with Crippen molar-refractivity contribution in [3.8, 4) is 5.75 Å². The molecule has 1 N–H and O–H groups in total. The van der Waals surface area contributed by atoms with E-state index in [4.69, 9.17) is 4.74 Å². The van der Waals surface area contributed by atoms with Crippen LogP contribution in [0.5, 0.6) is 5.75 Å². The van der Waals surface area contributed by atoms with Crippen molar-refractivity contribution in [1.82, 2.24) is 30.1 Å². The summed E-state index contributed by atoms with van der Waals surface area (Å²) in [6.07, 6.45) is 6.28. The molecule has 2 atom stereocenters. The second-order valence-electron chi connectivity index (χ2n) is 9.77. The third-order valence-electron chi connectivity index (χ3n) is 7.71. The molecule has 6 bridgehead atoms. The number of hydrogen-bond acceptors (Lipinski definition) is 6. The molecule has 1 saturated heterocycles. The van der Waals surface area contributed by atoms with Gasteiger partial charge in [0.1, 0.15) is 16.9 Å². The predicted molar refractivity (Wildman–Crippen MR) is 133 cm³/mol. The van der Waals surface area contributed by atoms with Gasteiger partial charge in [0, 0.05) is 31.4 Å². The summed E-state index contributed by atoms with van der Waals surface area (Å²) < 4.78 is 7.88. The molecule has 186 valence electrons. The Bertz CT molecular complexity index is 1500. The first-order valence-electron chi connectivity index (χ1n) is 12.5. The lowest BCUT2D eigenvalue weighted by molar-refractivity contribution is -0.124. The summed E-state index contributed by atoms with van der Waals surface area (Å²) in [7, 11) is 0. The number of aryl methyl sites for hydroxylation is 1. The van der Waals surface area contributed by atoms with Crippen molar-refractivity contribution < 1.29 is 14.3 Å². The Morgan fingerprint density at radius 2 is 2.05 bits per heavy atom. The topological polar surface area (TPSA) is 109 Å². The third kappa shape index (κ3) is 3.28. The highest BCUT2D eigenvalue weighted by Gasteiger charge is 2.61. The number of carbonyl (C=O) groups is 2. The highest BCUT2D eigenvalue weighted by Crippen LogP contribution is 2.57. The normalized spacial score (nSPS) is 22.6. The summed E-state index contributed by atoms with van der Waals surface area (Å²) in [5, 5.41) is 15.3. The Kier molecular flexibility index (Phi) is 4.88. The van der Waals surface area contributed by atoms with E-state index in [-0.39, 0.29) is 11.8 Å². The molecule has 3 aliphatic heterocycles. The highest BCUT2D eigenvalue weighted by molar-refractivity contribution is 6.10. The predicted octanol–water partition coefficient (Wildman–Crippen LogP) is 2.86. The SMILES string of the molecule is O=C(c1cn[nH]c1)N1CC[C@]23C(=O)N(Cc4cn(nn4)CCCOc4cccc(c4)[C@H]12)c1ccccc13. The lowest BCUT2D eigenvalue weighted by Gasteiger charge is -2.35. The van der Waals surface area contributed by atoms with Crippen molar-refractivity contribution in [2.45, 2.75) is 37.4 Å². The number of hydrogen-bond donors (Lipinski definition) is 1. The molecule has 0 aliphatic carbocycles. The van der Waals surface area contributed by atoms with E-state index in [0.717, 1.165) is 28.9 Å². The van der Waals surface area contributed by atoms with Gasteiger partial charge in [-0.15, -0.1) is 5.10 Å². The second-order valence-corrected chi connectivity index (χ2v) is 9.77. The van der Waals surface area contributed by atoms with E-state index in [1.165, 1.54) is 6.20 Å². The van der Waals surface area contributed by atoms with E-state index in [9.17, 15) is 9.59 Å². The number of nitrogens with zero attached hydrogens (tertiary/aromatic N) is 6. The second kappa shape index (κ2) is 8.29. The monoisotopic (exact) mass is 495 g/mol. The average Bonchev–Trinajstić information content (AvgIpc) is 3.72. The van der Waals surface area contributed by atoms with Gasteiger partial charge in [-0.2, -0.15) is 5.10 Å². The lowest BCUT2D eigenvalue weighted by atomic mass is 9.72. The van der Waals surface area contributed by atoms with Crippen LogP contribution in [0.3, 0.4) is 0 Å². The average molecular weight is 496 g/mol. The number of ether oxygens (including phenoxy) is 1. The van der Waals surface area contributed by atoms with Crippen LogP contribution in [0.1, 0.15) is 46.1 Å². The number of aromatic nitrogens is 5. The summed E-state index contributed by atoms with van der Waals surface area (Å²) in [6, 6.07) is 15.2. The smallest absolute Gasteiger partial charge is 0.257 e. The molecular weight excluding hydrogens is 470 g/mol. The molecule has 0 saturated carbocycles. The third-order valence-corrected chi connectivity index (χ3v) is 7.71. The maximum absolute atomic E-state index is 14.6. The molecule has 3 aliphatic rings. The van der Waals surface area contributed by atoms with Crippen LogP contribution in [-0.2, 0) is 23.3 Å². The zero-order valence-corrected chi connectivity index (χ0v) is 20.1. The first-order chi connectivity index (χ1) is 18.1. The molecule has 0 unspecified atom stereocenters. The van der Waals surface area contributed by atoms with Crippen LogP contribution in [0.2, 0.25) is 0 Å². The van der Waals surface area contributed by atoms with Crippen LogP contribution in [-0.4, -0.2) is 55.1 Å². The number of benzene rings is 2. The maximum atomic E-state index is 14.6. The van der Waals surface area contributed by atoms with Crippen LogP contribution in [0.15, 0.2) is 67.1 Å². The van der Waals surface area contributed by atoms with Crippen LogP contribution in [0.25, 0.3) is 0 Å². The van der Waals surface area contributed by atoms with Gasteiger partial charge in [-0.05, 0) is 35.7 Å². The quantitative estimate of drug-likeness (QED) is 0.435. The van der Waals surface area contributed by atoms with Gasteiger partial charge in [-0.3, -0.25) is 19.4 Å². The van der Waals surface area contributed by atoms with Gasteiger partial charge in [-0.25, -0.2) is 0 Å². The number of nitrogens with one attached hydrogen (secondary N) is 1. The highest BCUT2D eigenvalue weighted by atomic mass is 16.5. The minimum Gasteiger partial charge on any atom is -0.494 e. The summed E-state index contributed by atoms with van der Waals surface area (Å²) >= 11 is 0. The molecule has 5 heterocycles. The van der Waals surface area contributed by atoms with Crippen LogP contribution >= 0.6 is 0 Å². The van der Waals surface area contributed by atoms with E-state index in [1.807, 2.05) is 64.5 Å². The molecule has 2 aromatic carbocycles. The fourth-order valence-electron chi connectivity index (χ4n) is 6.13. The Morgan fingerprint density at radius 1 is 1.14 bits per heavy atom. The van der Waals surface area contributed by atoms with Gasteiger partial charge in [0.25, 0.3) is 5.91 Å². The van der Waals surface area contributed by atoms with E-state index in [1.54, 1.807) is 10.9 Å². The minimum absolute atomic E-state index is 0.0306. The summed E-state index contributed by atoms with van der Waals surface area (Å²) in [5.41, 5.74) is 2.90. The van der Waals surface area contributed by atoms with Gasteiger partial charge in [-0.1, -0.05) is 35.5 Å². The van der Waals surface area contributed by atoms with Gasteiger partial charge >= 0.3 is 0 Å². The largest absolute Gasteiger partial charge is 0.494 e. The van der Waals surface area contributed by atoms with Crippen molar-refractivity contribution in [1.29, 1.82) is 0 Å². The van der Waals surface area contributed by atoms with Crippen molar-refractivity contribution in [3.05, 3.63) is 89.5 Å². The number of carbonyl (C=O) groups excluding carboxylic acids is 2. The number of anilines is 1. The summed E-state index contributed by atoms with van der Waals surface area (Å²) in [5.74, 6) is 0.517. The Hall–Kier alpha value is -4.47. The van der Waals surface area contributed by atoms with Crippen LogP contribution in [0, 0.1) is 0 Å². The van der Waals surface area contributed by atoms with Crippen molar-refractivity contribution >= 4 is 17.5 Å². The number of fused-ring (bicyclic) bond motifs is 8. The number of para-hydroxylation sites is 1. The Labute approximate surface area is 212 Å². The van der Waals surface area contributed by atoms with E-state index >= 15 is 0 Å². The number of amides is 2. The van der Waals surface area contributed by atoms with E-state index in [2.05, 4.69) is 20.5 Å². The van der Waals surface area contributed by atoms with Gasteiger partial charge in [0.05, 0.1) is 37.2 Å². The molecule has 2 amide bonds. The molecule has 10 nitrogen and oxygen atoms in total. The minimum atomic E-state index is -0.940. The molecule has 1 fully saturated rings. The summed E-state index contributed by atoms with van der Waals surface area (Å²) in [4.78, 5) is 31.9. The van der Waals surface area contributed by atoms with Gasteiger partial charge in [0.15, 0.2) is 0 Å². The molecule has 37 heavy (non-hydrogen) atoms.